The highest BCUT2D eigenvalue weighted by Crippen LogP contribution is 2.34. The Labute approximate surface area is 138 Å². The number of aromatic nitrogens is 1. The number of aliphatic imine (C=N–C) groups is 1. The van der Waals surface area contributed by atoms with Gasteiger partial charge in [0, 0.05) is 5.39 Å². The lowest BCUT2D eigenvalue weighted by Crippen LogP contribution is -2.25. The molecule has 1 aliphatic rings. The fraction of sp³-hybridized carbons (Fsp3) is 0.286. The molecule has 2 aromatic rings. The van der Waals surface area contributed by atoms with Crippen LogP contribution < -0.4 is 16.2 Å². The molecule has 0 saturated heterocycles. The van der Waals surface area contributed by atoms with Gasteiger partial charge >= 0.3 is 0 Å². The number of hydrogen-bond donors (Lipinski definition) is 3. The number of carbonyl (C=O) groups is 1. The Balaban J connectivity index is 0.000000368. The molecule has 3 rings (SSSR count). The lowest BCUT2D eigenvalue weighted by molar-refractivity contribution is 0.0992. The van der Waals surface area contributed by atoms with Gasteiger partial charge in [0.1, 0.15) is 18.1 Å². The Morgan fingerprint density at radius 2 is 2.00 bits per heavy atom. The van der Waals surface area contributed by atoms with Crippen LogP contribution in [-0.2, 0) is 16.7 Å². The summed E-state index contributed by atoms with van der Waals surface area (Å²) in [6, 6.07) is 5.71. The van der Waals surface area contributed by atoms with Crippen molar-refractivity contribution in [2.24, 2.45) is 16.5 Å². The number of hydrogen-bond acceptors (Lipinski definition) is 4. The zero-order valence-electron chi connectivity index (χ0n) is 13.2. The van der Waals surface area contributed by atoms with Crippen molar-refractivity contribution in [1.29, 1.82) is 0 Å². The van der Waals surface area contributed by atoms with Gasteiger partial charge in [-0.2, -0.15) is 13.4 Å². The van der Waals surface area contributed by atoms with E-state index in [4.69, 9.17) is 20.8 Å². The van der Waals surface area contributed by atoms with Gasteiger partial charge in [-0.05, 0) is 24.6 Å². The molecule has 0 bridgehead atoms. The Bertz CT molecular complexity index is 918. The van der Waals surface area contributed by atoms with Crippen molar-refractivity contribution in [2.75, 3.05) is 12.9 Å². The third-order valence-electron chi connectivity index (χ3n) is 3.26. The molecule has 130 valence electrons. The van der Waals surface area contributed by atoms with Gasteiger partial charge in [0.2, 0.25) is 0 Å². The van der Waals surface area contributed by atoms with Crippen molar-refractivity contribution in [3.63, 3.8) is 0 Å². The molecule has 0 fully saturated rings. The van der Waals surface area contributed by atoms with Crippen LogP contribution in [-0.4, -0.2) is 42.3 Å². The molecule has 2 heterocycles. The number of amides is 1. The lowest BCUT2D eigenvalue weighted by Gasteiger charge is -2.18. The van der Waals surface area contributed by atoms with E-state index in [1.807, 2.05) is 29.7 Å². The minimum atomic E-state index is -3.67. The molecule has 0 aliphatic carbocycles. The Kier molecular flexibility index (Phi) is 4.81. The van der Waals surface area contributed by atoms with Crippen LogP contribution in [0.4, 0.5) is 0 Å². The molecule has 10 heteroatoms. The summed E-state index contributed by atoms with van der Waals surface area (Å²) in [7, 11) is -3.67. The molecule has 0 unspecified atom stereocenters. The lowest BCUT2D eigenvalue weighted by atomic mass is 10.1. The first kappa shape index (κ1) is 17.8. The molecule has 0 atom stereocenters. The average Bonchev–Trinajstić information content (AvgIpc) is 2.82. The zero-order chi connectivity index (χ0) is 18.1. The summed E-state index contributed by atoms with van der Waals surface area (Å²) in [4.78, 5) is 15.6. The monoisotopic (exact) mass is 354 g/mol. The third kappa shape index (κ3) is 4.03. The van der Waals surface area contributed by atoms with E-state index in [1.165, 1.54) is 0 Å². The van der Waals surface area contributed by atoms with Crippen LogP contribution in [0.2, 0.25) is 0 Å². The minimum absolute atomic E-state index is 0.230. The standard InChI is InChI=1S/C13H14N4O2.CH4O3S/c1-7-2-3-10-11-8(7)6-9(12(18)16-13(14)15)17(11)4-5-19-10;1-5(2,3)4/h2-3,6H,4-5H2,1H3,(H4,14,15,16,18);1H3,(H,2,3,4). The van der Waals surface area contributed by atoms with Crippen LogP contribution in [0.1, 0.15) is 16.1 Å². The number of rotatable bonds is 1. The maximum atomic E-state index is 12.0. The summed E-state index contributed by atoms with van der Waals surface area (Å²) in [6.07, 6.45) is 0.715. The number of guanidine groups is 1. The Hall–Kier alpha value is -2.59. The van der Waals surface area contributed by atoms with Crippen LogP contribution in [0.25, 0.3) is 10.9 Å². The molecule has 1 amide bonds. The fourth-order valence-electron chi connectivity index (χ4n) is 2.43. The highest BCUT2D eigenvalue weighted by Gasteiger charge is 2.22. The number of benzene rings is 1. The molecule has 0 spiro atoms. The summed E-state index contributed by atoms with van der Waals surface area (Å²) in [5, 5.41) is 0.992. The van der Waals surface area contributed by atoms with Crippen molar-refractivity contribution in [1.82, 2.24) is 4.57 Å². The van der Waals surface area contributed by atoms with Gasteiger partial charge in [0.05, 0.1) is 18.3 Å². The SMILES string of the molecule is CS(=O)(=O)O.Cc1ccc2c3c1cc(C(=O)N=C(N)N)n3CCO2. The molecule has 0 saturated carbocycles. The molecule has 24 heavy (non-hydrogen) atoms. The van der Waals surface area contributed by atoms with Gasteiger partial charge in [-0.25, -0.2) is 0 Å². The van der Waals surface area contributed by atoms with Gasteiger partial charge in [0.15, 0.2) is 5.96 Å². The second-order valence-corrected chi connectivity index (χ2v) is 6.71. The Morgan fingerprint density at radius 1 is 1.38 bits per heavy atom. The number of ether oxygens (including phenoxy) is 1. The van der Waals surface area contributed by atoms with Crippen LogP contribution in [0.15, 0.2) is 23.2 Å². The molecule has 9 nitrogen and oxygen atoms in total. The molecule has 1 aromatic carbocycles. The third-order valence-corrected chi connectivity index (χ3v) is 3.26. The van der Waals surface area contributed by atoms with Crippen LogP contribution in [0, 0.1) is 6.92 Å². The first-order chi connectivity index (χ1) is 11.1. The molecule has 1 aliphatic heterocycles. The normalized spacial score (nSPS) is 12.8. The fourth-order valence-corrected chi connectivity index (χ4v) is 2.43. The maximum absolute atomic E-state index is 12.0. The largest absolute Gasteiger partial charge is 0.490 e. The van der Waals surface area contributed by atoms with Gasteiger partial charge in [0.25, 0.3) is 16.0 Å². The number of nitrogens with zero attached hydrogens (tertiary/aromatic N) is 2. The van der Waals surface area contributed by atoms with E-state index in [0.29, 0.717) is 25.1 Å². The molecule has 5 N–H and O–H groups in total. The summed E-state index contributed by atoms with van der Waals surface area (Å²) in [5.41, 5.74) is 13.0. The predicted molar refractivity (Wildman–Crippen MR) is 89.8 cm³/mol. The van der Waals surface area contributed by atoms with Gasteiger partial charge in [-0.3, -0.25) is 9.35 Å². The summed E-state index contributed by atoms with van der Waals surface area (Å²) in [5.74, 6) is 0.131. The van der Waals surface area contributed by atoms with Crippen molar-refractivity contribution in [3.05, 3.63) is 29.5 Å². The van der Waals surface area contributed by atoms with E-state index in [0.717, 1.165) is 22.2 Å². The van der Waals surface area contributed by atoms with Gasteiger partial charge < -0.3 is 20.8 Å². The predicted octanol–water partition coefficient (Wildman–Crippen LogP) is 0.260. The second kappa shape index (κ2) is 6.49. The molecular weight excluding hydrogens is 336 g/mol. The van der Waals surface area contributed by atoms with Crippen LogP contribution in [0.3, 0.4) is 0 Å². The van der Waals surface area contributed by atoms with E-state index in [1.54, 1.807) is 0 Å². The van der Waals surface area contributed by atoms with E-state index < -0.39 is 16.0 Å². The van der Waals surface area contributed by atoms with Gasteiger partial charge in [-0.1, -0.05) is 6.07 Å². The summed E-state index contributed by atoms with van der Waals surface area (Å²) < 4.78 is 33.4. The van der Waals surface area contributed by atoms with Crippen LogP contribution >= 0.6 is 0 Å². The van der Waals surface area contributed by atoms with Crippen molar-refractivity contribution in [2.45, 2.75) is 13.5 Å². The van der Waals surface area contributed by atoms with Gasteiger partial charge in [-0.15, -0.1) is 0 Å². The van der Waals surface area contributed by atoms with Crippen molar-refractivity contribution in [3.8, 4) is 5.75 Å². The number of nitrogens with two attached hydrogens (primary N) is 2. The maximum Gasteiger partial charge on any atom is 0.296 e. The molecule has 0 radical (unpaired) electrons. The first-order valence-electron chi connectivity index (χ1n) is 6.90. The topological polar surface area (TPSA) is 150 Å². The van der Waals surface area contributed by atoms with E-state index >= 15 is 0 Å². The van der Waals surface area contributed by atoms with E-state index in [2.05, 4.69) is 4.99 Å². The first-order valence-corrected chi connectivity index (χ1v) is 8.75. The second-order valence-electron chi connectivity index (χ2n) is 5.25. The highest BCUT2D eigenvalue weighted by molar-refractivity contribution is 7.85. The Morgan fingerprint density at radius 3 is 2.58 bits per heavy atom. The number of aryl methyl sites for hydroxylation is 1. The quantitative estimate of drug-likeness (QED) is 0.377. The number of carbonyl (C=O) groups excluding carboxylic acids is 1. The van der Waals surface area contributed by atoms with Crippen molar-refractivity contribution >= 4 is 32.9 Å². The minimum Gasteiger partial charge on any atom is -0.490 e. The highest BCUT2D eigenvalue weighted by atomic mass is 32.2. The van der Waals surface area contributed by atoms with Crippen molar-refractivity contribution < 1.29 is 22.5 Å². The van der Waals surface area contributed by atoms with E-state index in [9.17, 15) is 13.2 Å². The average molecular weight is 354 g/mol. The zero-order valence-corrected chi connectivity index (χ0v) is 14.0. The smallest absolute Gasteiger partial charge is 0.296 e. The summed E-state index contributed by atoms with van der Waals surface area (Å²) in [6.45, 7) is 3.13. The summed E-state index contributed by atoms with van der Waals surface area (Å²) >= 11 is 0. The van der Waals surface area contributed by atoms with E-state index in [-0.39, 0.29) is 5.96 Å². The van der Waals surface area contributed by atoms with Crippen LogP contribution in [0.5, 0.6) is 5.75 Å². The molecular formula is C14H18N4O5S. The molecule has 1 aromatic heterocycles.